The highest BCUT2D eigenvalue weighted by molar-refractivity contribution is 7.90. The number of methoxy groups -OCH3 is 1. The van der Waals surface area contributed by atoms with Crippen molar-refractivity contribution in [2.45, 2.75) is 36.9 Å². The van der Waals surface area contributed by atoms with E-state index in [9.17, 15) is 8.42 Å². The molecule has 0 amide bonds. The van der Waals surface area contributed by atoms with E-state index < -0.39 is 14.8 Å². The van der Waals surface area contributed by atoms with Crippen molar-refractivity contribution in [3.05, 3.63) is 0 Å². The number of hydrogen-bond acceptors (Lipinski definition) is 3. The molecule has 0 N–H and O–H groups in total. The summed E-state index contributed by atoms with van der Waals surface area (Å²) in [5, 5.41) is 0. The summed E-state index contributed by atoms with van der Waals surface area (Å²) in [6, 6.07) is 0. The third-order valence-corrected chi connectivity index (χ3v) is 7.39. The monoisotopic (exact) mass is 259 g/mol. The summed E-state index contributed by atoms with van der Waals surface area (Å²) in [5.74, 6) is 1.26. The molecular weight excluding hydrogens is 238 g/mol. The SMILES string of the molecule is COCC1(S(=O)(=O)N2C[C@@H]3CCC[C@H]3C2)CC1. The van der Waals surface area contributed by atoms with Crippen LogP contribution in [0.15, 0.2) is 0 Å². The van der Waals surface area contributed by atoms with Gasteiger partial charge in [0, 0.05) is 20.2 Å². The highest BCUT2D eigenvalue weighted by atomic mass is 32.2. The fourth-order valence-corrected chi connectivity index (χ4v) is 5.75. The molecule has 98 valence electrons. The van der Waals surface area contributed by atoms with Gasteiger partial charge in [0.25, 0.3) is 0 Å². The van der Waals surface area contributed by atoms with E-state index in [1.807, 2.05) is 0 Å². The minimum atomic E-state index is -3.12. The van der Waals surface area contributed by atoms with Gasteiger partial charge in [-0.05, 0) is 37.5 Å². The van der Waals surface area contributed by atoms with Crippen molar-refractivity contribution in [3.63, 3.8) is 0 Å². The maximum Gasteiger partial charge on any atom is 0.222 e. The first-order valence-electron chi connectivity index (χ1n) is 6.58. The minimum absolute atomic E-state index is 0.362. The first-order valence-corrected chi connectivity index (χ1v) is 8.02. The largest absolute Gasteiger partial charge is 0.383 e. The van der Waals surface area contributed by atoms with Gasteiger partial charge in [-0.2, -0.15) is 0 Å². The van der Waals surface area contributed by atoms with Gasteiger partial charge >= 0.3 is 0 Å². The Hall–Kier alpha value is -0.130. The Kier molecular flexibility index (Phi) is 2.76. The van der Waals surface area contributed by atoms with Crippen molar-refractivity contribution in [2.24, 2.45) is 11.8 Å². The first kappa shape index (κ1) is 11.9. The lowest BCUT2D eigenvalue weighted by Gasteiger charge is -2.24. The summed E-state index contributed by atoms with van der Waals surface area (Å²) in [5.41, 5.74) is 0. The summed E-state index contributed by atoms with van der Waals surface area (Å²) in [6.07, 6.45) is 5.26. The number of hydrogen-bond donors (Lipinski definition) is 0. The van der Waals surface area contributed by atoms with Crippen LogP contribution in [0.25, 0.3) is 0 Å². The number of nitrogens with zero attached hydrogens (tertiary/aromatic N) is 1. The summed E-state index contributed by atoms with van der Waals surface area (Å²) in [7, 11) is -1.53. The van der Waals surface area contributed by atoms with Crippen LogP contribution in [-0.4, -0.2) is 44.3 Å². The second-order valence-corrected chi connectivity index (χ2v) is 8.22. The van der Waals surface area contributed by atoms with E-state index >= 15 is 0 Å². The van der Waals surface area contributed by atoms with Crippen molar-refractivity contribution in [3.8, 4) is 0 Å². The average Bonchev–Trinajstić information content (AvgIpc) is 2.77. The smallest absolute Gasteiger partial charge is 0.222 e. The van der Waals surface area contributed by atoms with Crippen LogP contribution in [0.2, 0.25) is 0 Å². The molecule has 4 nitrogen and oxygen atoms in total. The molecule has 0 aromatic heterocycles. The average molecular weight is 259 g/mol. The van der Waals surface area contributed by atoms with Crippen LogP contribution in [0.3, 0.4) is 0 Å². The van der Waals surface area contributed by atoms with E-state index in [1.165, 1.54) is 19.3 Å². The molecule has 0 aromatic rings. The van der Waals surface area contributed by atoms with E-state index in [0.717, 1.165) is 25.9 Å². The summed E-state index contributed by atoms with van der Waals surface area (Å²) in [4.78, 5) is 0. The lowest BCUT2D eigenvalue weighted by molar-refractivity contribution is 0.189. The van der Waals surface area contributed by atoms with Crippen molar-refractivity contribution >= 4 is 10.0 Å². The molecule has 3 fully saturated rings. The van der Waals surface area contributed by atoms with Crippen LogP contribution in [0.5, 0.6) is 0 Å². The van der Waals surface area contributed by atoms with Gasteiger partial charge in [0.1, 0.15) is 4.75 Å². The van der Waals surface area contributed by atoms with Crippen molar-refractivity contribution < 1.29 is 13.2 Å². The molecule has 1 aliphatic heterocycles. The predicted octanol–water partition coefficient (Wildman–Crippen LogP) is 1.23. The Balaban J connectivity index is 1.76. The Morgan fingerprint density at radius 3 is 2.29 bits per heavy atom. The lowest BCUT2D eigenvalue weighted by atomic mass is 10.0. The van der Waals surface area contributed by atoms with E-state index in [-0.39, 0.29) is 0 Å². The molecular formula is C12H21NO3S. The highest BCUT2D eigenvalue weighted by Gasteiger charge is 2.58. The molecule has 1 heterocycles. The number of rotatable bonds is 4. The quantitative estimate of drug-likeness (QED) is 0.763. The fraction of sp³-hybridized carbons (Fsp3) is 1.00. The van der Waals surface area contributed by atoms with E-state index in [1.54, 1.807) is 11.4 Å². The molecule has 1 saturated heterocycles. The predicted molar refractivity (Wildman–Crippen MR) is 65.2 cm³/mol. The van der Waals surface area contributed by atoms with Crippen molar-refractivity contribution in [1.82, 2.24) is 4.31 Å². The highest BCUT2D eigenvalue weighted by Crippen LogP contribution is 2.48. The Bertz CT molecular complexity index is 390. The van der Waals surface area contributed by atoms with E-state index in [4.69, 9.17) is 4.74 Å². The second kappa shape index (κ2) is 3.93. The molecule has 0 spiro atoms. The molecule has 17 heavy (non-hydrogen) atoms. The van der Waals surface area contributed by atoms with Gasteiger partial charge in [-0.3, -0.25) is 0 Å². The third-order valence-electron chi connectivity index (χ3n) is 4.79. The Morgan fingerprint density at radius 1 is 1.24 bits per heavy atom. The standard InChI is InChI=1S/C12H21NO3S/c1-16-9-12(5-6-12)17(14,15)13-7-10-3-2-4-11(10)8-13/h10-11H,2-9H2,1H3/t10-,11-/m0/s1. The maximum atomic E-state index is 12.6. The fourth-order valence-electron chi connectivity index (χ4n) is 3.54. The van der Waals surface area contributed by atoms with Gasteiger partial charge in [-0.25, -0.2) is 12.7 Å². The number of ether oxygens (including phenoxy) is 1. The third kappa shape index (κ3) is 1.74. The van der Waals surface area contributed by atoms with Crippen LogP contribution in [-0.2, 0) is 14.8 Å². The molecule has 0 radical (unpaired) electrons. The normalized spacial score (nSPS) is 36.1. The summed E-state index contributed by atoms with van der Waals surface area (Å²) in [6.45, 7) is 1.89. The molecule has 3 aliphatic rings. The molecule has 0 unspecified atom stereocenters. The molecule has 3 rings (SSSR count). The molecule has 2 saturated carbocycles. The lowest BCUT2D eigenvalue weighted by Crippen LogP contribution is -2.41. The second-order valence-electron chi connectivity index (χ2n) is 5.89. The molecule has 5 heteroatoms. The maximum absolute atomic E-state index is 12.6. The van der Waals surface area contributed by atoms with Gasteiger partial charge < -0.3 is 4.74 Å². The molecule has 2 atom stereocenters. The molecule has 0 bridgehead atoms. The topological polar surface area (TPSA) is 46.6 Å². The van der Waals surface area contributed by atoms with Gasteiger partial charge in [0.2, 0.25) is 10.0 Å². The van der Waals surface area contributed by atoms with E-state index in [2.05, 4.69) is 0 Å². The summed E-state index contributed by atoms with van der Waals surface area (Å²) < 4.78 is 31.5. The van der Waals surface area contributed by atoms with Gasteiger partial charge in [0.15, 0.2) is 0 Å². The minimum Gasteiger partial charge on any atom is -0.383 e. The van der Waals surface area contributed by atoms with Gasteiger partial charge in [-0.1, -0.05) is 6.42 Å². The number of sulfonamides is 1. The van der Waals surface area contributed by atoms with Crippen LogP contribution in [0.1, 0.15) is 32.1 Å². The van der Waals surface area contributed by atoms with Crippen LogP contribution in [0, 0.1) is 11.8 Å². The van der Waals surface area contributed by atoms with Crippen LogP contribution < -0.4 is 0 Å². The zero-order valence-corrected chi connectivity index (χ0v) is 11.2. The van der Waals surface area contributed by atoms with Gasteiger partial charge in [-0.15, -0.1) is 0 Å². The zero-order valence-electron chi connectivity index (χ0n) is 10.4. The Morgan fingerprint density at radius 2 is 1.82 bits per heavy atom. The van der Waals surface area contributed by atoms with E-state index in [0.29, 0.717) is 18.4 Å². The number of fused-ring (bicyclic) bond motifs is 1. The first-order chi connectivity index (χ1) is 8.09. The molecule has 0 aromatic carbocycles. The van der Waals surface area contributed by atoms with Crippen molar-refractivity contribution in [2.75, 3.05) is 26.8 Å². The van der Waals surface area contributed by atoms with Crippen LogP contribution >= 0.6 is 0 Å². The van der Waals surface area contributed by atoms with Gasteiger partial charge in [0.05, 0.1) is 6.61 Å². The zero-order chi connectivity index (χ0) is 12.1. The van der Waals surface area contributed by atoms with Crippen LogP contribution in [0.4, 0.5) is 0 Å². The van der Waals surface area contributed by atoms with Crippen molar-refractivity contribution in [1.29, 1.82) is 0 Å². The molecule has 2 aliphatic carbocycles. The Labute approximate surface area is 103 Å². The summed E-state index contributed by atoms with van der Waals surface area (Å²) >= 11 is 0.